The fourth-order valence-corrected chi connectivity index (χ4v) is 2.65. The smallest absolute Gasteiger partial charge is 0.0576 e. The first-order valence-electron chi connectivity index (χ1n) is 8.67. The Morgan fingerprint density at radius 1 is 0.708 bits per heavy atom. The zero-order valence-corrected chi connectivity index (χ0v) is 18.8. The summed E-state index contributed by atoms with van der Waals surface area (Å²) in [4.78, 5) is 0. The third-order valence-corrected chi connectivity index (χ3v) is 3.77. The number of nitrogens with one attached hydrogen (secondary N) is 2. The van der Waals surface area contributed by atoms with E-state index >= 15 is 0 Å². The van der Waals surface area contributed by atoms with Crippen LogP contribution >= 0.6 is 34.0 Å². The van der Waals surface area contributed by atoms with Gasteiger partial charge >= 0.3 is 0 Å². The molecule has 0 atom stereocenters. The van der Waals surface area contributed by atoms with Crippen molar-refractivity contribution in [1.82, 2.24) is 10.6 Å². The Morgan fingerprint density at radius 3 is 1.38 bits per heavy atom. The van der Waals surface area contributed by atoms with Crippen molar-refractivity contribution < 1.29 is 0 Å². The number of hydrogen-bond donors (Lipinski definition) is 2. The Kier molecular flexibility index (Phi) is 24.9. The van der Waals surface area contributed by atoms with Gasteiger partial charge in [0.15, 0.2) is 0 Å². The van der Waals surface area contributed by atoms with Gasteiger partial charge in [-0.3, -0.25) is 10.6 Å². The highest BCUT2D eigenvalue weighted by Crippen LogP contribution is 2.09. The van der Waals surface area contributed by atoms with Crippen LogP contribution in [-0.2, 0) is 0 Å². The Balaban J connectivity index is -0.00000220. The summed E-state index contributed by atoms with van der Waals surface area (Å²) in [5.41, 5.74) is 0. The molecule has 0 unspecified atom stereocenters. The highest BCUT2D eigenvalue weighted by molar-refractivity contribution is 8.93. The van der Waals surface area contributed by atoms with Crippen molar-refractivity contribution in [1.29, 1.82) is 0 Å². The molecule has 2 nitrogen and oxygen atoms in total. The van der Waals surface area contributed by atoms with E-state index in [-0.39, 0.29) is 34.0 Å². The molecule has 0 aromatic carbocycles. The van der Waals surface area contributed by atoms with Gasteiger partial charge in [0.1, 0.15) is 0 Å². The van der Waals surface area contributed by atoms with Crippen LogP contribution in [0.1, 0.15) is 58.3 Å². The summed E-state index contributed by atoms with van der Waals surface area (Å²) in [6.45, 7) is 17.7. The van der Waals surface area contributed by atoms with Crippen LogP contribution in [0, 0.1) is 0 Å². The minimum absolute atomic E-state index is 0. The lowest BCUT2D eigenvalue weighted by molar-refractivity contribution is 0.310. The lowest BCUT2D eigenvalue weighted by Crippen LogP contribution is -2.50. The van der Waals surface area contributed by atoms with E-state index in [1.54, 1.807) is 0 Å². The van der Waals surface area contributed by atoms with Crippen molar-refractivity contribution in [2.45, 2.75) is 76.5 Å². The molecule has 2 N–H and O–H groups in total. The van der Waals surface area contributed by atoms with E-state index in [4.69, 9.17) is 0 Å². The molecular formula is C20H38Br2N2. The van der Waals surface area contributed by atoms with Gasteiger partial charge in [0.05, 0.1) is 6.17 Å². The quantitative estimate of drug-likeness (QED) is 0.159. The van der Waals surface area contributed by atoms with E-state index in [0.717, 1.165) is 32.1 Å². The number of halogens is 2. The summed E-state index contributed by atoms with van der Waals surface area (Å²) in [6, 6.07) is 0.810. The van der Waals surface area contributed by atoms with Gasteiger partial charge in [-0.1, -0.05) is 50.5 Å². The fraction of sp³-hybridized carbons (Fsp3) is 0.600. The maximum absolute atomic E-state index is 3.86. The van der Waals surface area contributed by atoms with Crippen molar-refractivity contribution in [3.63, 3.8) is 0 Å². The monoisotopic (exact) mass is 464 g/mol. The van der Waals surface area contributed by atoms with Crippen molar-refractivity contribution in [2.75, 3.05) is 0 Å². The van der Waals surface area contributed by atoms with Crippen molar-refractivity contribution in [3.8, 4) is 0 Å². The Morgan fingerprint density at radius 2 is 1.08 bits per heavy atom. The molecule has 4 heteroatoms. The lowest BCUT2D eigenvalue weighted by atomic mass is 10.1. The second kappa shape index (κ2) is 20.9. The van der Waals surface area contributed by atoms with Crippen LogP contribution in [-0.4, -0.2) is 18.2 Å². The number of unbranched alkanes of at least 4 members (excludes halogenated alkanes) is 2. The maximum Gasteiger partial charge on any atom is 0.0576 e. The molecular weight excluding hydrogens is 428 g/mol. The third-order valence-electron chi connectivity index (χ3n) is 3.77. The minimum atomic E-state index is 0. The van der Waals surface area contributed by atoms with E-state index in [1.165, 1.54) is 19.3 Å². The van der Waals surface area contributed by atoms with E-state index in [1.807, 2.05) is 24.3 Å². The first-order valence-corrected chi connectivity index (χ1v) is 8.67. The van der Waals surface area contributed by atoms with Gasteiger partial charge in [-0.05, 0) is 32.1 Å². The predicted octanol–water partition coefficient (Wildman–Crippen LogP) is 6.27. The fourth-order valence-electron chi connectivity index (χ4n) is 2.65. The van der Waals surface area contributed by atoms with E-state index in [0.29, 0.717) is 18.2 Å². The molecule has 0 aromatic rings. The second-order valence-electron chi connectivity index (χ2n) is 5.87. The van der Waals surface area contributed by atoms with E-state index in [2.05, 4.69) is 43.9 Å². The van der Waals surface area contributed by atoms with Gasteiger partial charge in [0, 0.05) is 12.1 Å². The second-order valence-corrected chi connectivity index (χ2v) is 5.87. The molecule has 0 saturated carbocycles. The number of hydrogen-bond acceptors (Lipinski definition) is 2. The summed E-state index contributed by atoms with van der Waals surface area (Å²) in [5, 5.41) is 7.48. The van der Waals surface area contributed by atoms with E-state index < -0.39 is 0 Å². The molecule has 0 rings (SSSR count). The minimum Gasteiger partial charge on any atom is -0.298 e. The summed E-state index contributed by atoms with van der Waals surface area (Å²) in [7, 11) is 0. The Labute approximate surface area is 171 Å². The van der Waals surface area contributed by atoms with Crippen LogP contribution in [0.25, 0.3) is 0 Å². The van der Waals surface area contributed by atoms with Gasteiger partial charge in [-0.2, -0.15) is 0 Å². The van der Waals surface area contributed by atoms with Gasteiger partial charge in [-0.25, -0.2) is 0 Å². The average molecular weight is 466 g/mol. The molecule has 0 bridgehead atoms. The normalized spacial score (nSPS) is 10.2. The van der Waals surface area contributed by atoms with Crippen molar-refractivity contribution in [2.24, 2.45) is 0 Å². The Bertz CT molecular complexity index is 273. The predicted molar refractivity (Wildman–Crippen MR) is 122 cm³/mol. The molecule has 142 valence electrons. The topological polar surface area (TPSA) is 24.1 Å². The highest BCUT2D eigenvalue weighted by atomic mass is 79.9. The van der Waals surface area contributed by atoms with Gasteiger partial charge < -0.3 is 0 Å². The van der Waals surface area contributed by atoms with Crippen molar-refractivity contribution in [3.05, 3.63) is 50.6 Å². The zero-order chi connectivity index (χ0) is 16.6. The van der Waals surface area contributed by atoms with Crippen LogP contribution < -0.4 is 10.6 Å². The first kappa shape index (κ1) is 28.6. The molecule has 0 saturated heterocycles. The van der Waals surface area contributed by atoms with Crippen LogP contribution in [0.5, 0.6) is 0 Å². The molecule has 24 heavy (non-hydrogen) atoms. The molecule has 0 radical (unpaired) electrons. The maximum atomic E-state index is 3.86. The Hall–Kier alpha value is -0.160. The molecule has 0 spiro atoms. The molecule has 0 aliphatic rings. The molecule has 0 aromatic heterocycles. The summed E-state index contributed by atoms with van der Waals surface area (Å²) < 4.78 is 0. The van der Waals surface area contributed by atoms with Gasteiger partial charge in [-0.15, -0.1) is 60.3 Å². The van der Waals surface area contributed by atoms with Crippen LogP contribution in [0.15, 0.2) is 50.6 Å². The zero-order valence-electron chi connectivity index (χ0n) is 15.3. The molecule has 0 amide bonds. The van der Waals surface area contributed by atoms with Gasteiger partial charge in [0.25, 0.3) is 0 Å². The third kappa shape index (κ3) is 15.4. The highest BCUT2D eigenvalue weighted by Gasteiger charge is 2.16. The van der Waals surface area contributed by atoms with E-state index in [9.17, 15) is 0 Å². The molecule has 0 aliphatic heterocycles. The summed E-state index contributed by atoms with van der Waals surface area (Å²) >= 11 is 0. The first-order chi connectivity index (χ1) is 10.7. The summed E-state index contributed by atoms with van der Waals surface area (Å²) in [6.07, 6.45) is 17.0. The average Bonchev–Trinajstić information content (AvgIpc) is 2.48. The van der Waals surface area contributed by atoms with Crippen molar-refractivity contribution >= 4 is 34.0 Å². The molecule has 0 aliphatic carbocycles. The lowest BCUT2D eigenvalue weighted by Gasteiger charge is -2.29. The van der Waals surface area contributed by atoms with Gasteiger partial charge in [0.2, 0.25) is 0 Å². The van der Waals surface area contributed by atoms with Crippen LogP contribution in [0.2, 0.25) is 0 Å². The SMILES string of the molecule is Br.Br.C=CCC(CC=C)NC(CCCCC)NC(CC=C)CC=C. The standard InChI is InChI=1S/C20H36N2.2BrH/c1-6-11-12-17-20(21-18(13-7-2)14-8-3)22-19(15-9-4)16-10-5;;/h7-10,18-22H,2-6,11-17H2,1H3;2*1H. The van der Waals surface area contributed by atoms with Crippen LogP contribution in [0.4, 0.5) is 0 Å². The summed E-state index contributed by atoms with van der Waals surface area (Å²) in [5.74, 6) is 0. The van der Waals surface area contributed by atoms with Crippen LogP contribution in [0.3, 0.4) is 0 Å². The molecule has 0 fully saturated rings. The number of rotatable bonds is 16. The largest absolute Gasteiger partial charge is 0.298 e. The molecule has 0 heterocycles.